The van der Waals surface area contributed by atoms with Gasteiger partial charge in [-0.15, -0.1) is 0 Å². The molecule has 0 spiro atoms. The monoisotopic (exact) mass is 582 g/mol. The van der Waals surface area contributed by atoms with Crippen molar-refractivity contribution in [2.75, 3.05) is 0 Å². The zero-order chi connectivity index (χ0) is 31.4. The molecule has 9 heteroatoms. The Morgan fingerprint density at radius 3 is 2.07 bits per heavy atom. The van der Waals surface area contributed by atoms with Crippen molar-refractivity contribution < 1.29 is 42.9 Å². The van der Waals surface area contributed by atoms with Crippen LogP contribution >= 0.6 is 0 Å². The molecule has 0 aliphatic heterocycles. The van der Waals surface area contributed by atoms with E-state index in [1.807, 2.05) is 13.8 Å². The lowest BCUT2D eigenvalue weighted by atomic mass is 9.75. The third-order valence-corrected chi connectivity index (χ3v) is 8.12. The van der Waals surface area contributed by atoms with Gasteiger partial charge in [-0.2, -0.15) is 0 Å². The molecule has 2 aliphatic rings. The summed E-state index contributed by atoms with van der Waals surface area (Å²) in [4.78, 5) is 64.0. The van der Waals surface area contributed by atoms with Crippen LogP contribution in [-0.4, -0.2) is 53.6 Å². The van der Waals surface area contributed by atoms with Crippen LogP contribution < -0.4 is 0 Å². The van der Waals surface area contributed by atoms with E-state index >= 15 is 0 Å². The minimum absolute atomic E-state index is 0.0850. The van der Waals surface area contributed by atoms with Crippen LogP contribution in [0.15, 0.2) is 54.1 Å². The summed E-state index contributed by atoms with van der Waals surface area (Å²) < 4.78 is 23.8. The molecular formula is C33H42O9. The quantitative estimate of drug-likeness (QED) is 0.263. The maximum absolute atomic E-state index is 13.4. The highest BCUT2D eigenvalue weighted by Crippen LogP contribution is 2.51. The molecule has 0 unspecified atom stereocenters. The summed E-state index contributed by atoms with van der Waals surface area (Å²) in [5.74, 6) is -4.12. The van der Waals surface area contributed by atoms with E-state index in [0.29, 0.717) is 11.1 Å². The molecule has 1 aromatic rings. The number of hydrogen-bond donors (Lipinski definition) is 0. The van der Waals surface area contributed by atoms with Crippen LogP contribution in [0.25, 0.3) is 0 Å². The molecule has 0 N–H and O–H groups in total. The Kier molecular flexibility index (Phi) is 10.2. The van der Waals surface area contributed by atoms with E-state index < -0.39 is 65.0 Å². The average molecular weight is 583 g/mol. The molecule has 9 nitrogen and oxygen atoms in total. The minimum atomic E-state index is -1.45. The zero-order valence-corrected chi connectivity index (χ0v) is 25.7. The molecule has 0 heterocycles. The third-order valence-electron chi connectivity index (χ3n) is 8.12. The van der Waals surface area contributed by atoms with Crippen LogP contribution in [0.2, 0.25) is 0 Å². The van der Waals surface area contributed by atoms with Gasteiger partial charge in [0.05, 0.1) is 11.5 Å². The largest absolute Gasteiger partial charge is 0.458 e. The Hall–Kier alpha value is -3.75. The number of allylic oxidation sites excluding steroid dienone is 1. The topological polar surface area (TPSA) is 122 Å². The number of hydrogen-bond acceptors (Lipinski definition) is 9. The second-order valence-electron chi connectivity index (χ2n) is 12.1. The van der Waals surface area contributed by atoms with Gasteiger partial charge in [0.15, 0.2) is 5.60 Å². The first kappa shape index (κ1) is 32.8. The number of ketones is 1. The normalized spacial score (nSPS) is 33.0. The van der Waals surface area contributed by atoms with Crippen molar-refractivity contribution in [2.24, 2.45) is 23.2 Å². The van der Waals surface area contributed by atoms with Gasteiger partial charge < -0.3 is 18.9 Å². The van der Waals surface area contributed by atoms with Crippen LogP contribution in [0, 0.1) is 23.2 Å². The molecule has 3 rings (SSSR count). The van der Waals surface area contributed by atoms with Crippen molar-refractivity contribution in [1.29, 1.82) is 0 Å². The van der Waals surface area contributed by atoms with E-state index in [1.54, 1.807) is 69.3 Å². The molecule has 1 saturated carbocycles. The summed E-state index contributed by atoms with van der Waals surface area (Å²) in [6.07, 6.45) is 2.67. The molecule has 1 fully saturated rings. The number of rotatable bonds is 5. The lowest BCUT2D eigenvalue weighted by Gasteiger charge is -2.43. The molecular weight excluding hydrogens is 540 g/mol. The van der Waals surface area contributed by atoms with Gasteiger partial charge in [0, 0.05) is 38.5 Å². The van der Waals surface area contributed by atoms with Gasteiger partial charge in [-0.1, -0.05) is 50.3 Å². The van der Waals surface area contributed by atoms with Crippen molar-refractivity contribution in [3.05, 3.63) is 59.7 Å². The maximum atomic E-state index is 13.4. The smallest absolute Gasteiger partial charge is 0.338 e. The summed E-state index contributed by atoms with van der Waals surface area (Å²) in [5.41, 5.74) is -1.51. The van der Waals surface area contributed by atoms with Crippen molar-refractivity contribution in [3.8, 4) is 0 Å². The van der Waals surface area contributed by atoms with Crippen LogP contribution in [0.4, 0.5) is 0 Å². The van der Waals surface area contributed by atoms with Gasteiger partial charge in [0.25, 0.3) is 0 Å². The predicted molar refractivity (Wildman–Crippen MR) is 154 cm³/mol. The number of carbonyl (C=O) groups excluding carboxylic acids is 5. The summed E-state index contributed by atoms with van der Waals surface area (Å²) in [7, 11) is 0. The summed E-state index contributed by atoms with van der Waals surface area (Å²) in [5, 5.41) is 0. The summed E-state index contributed by atoms with van der Waals surface area (Å²) in [6.45, 7) is 12.8. The van der Waals surface area contributed by atoms with Crippen molar-refractivity contribution in [1.82, 2.24) is 0 Å². The zero-order valence-electron chi connectivity index (χ0n) is 25.7. The van der Waals surface area contributed by atoms with Crippen LogP contribution in [0.5, 0.6) is 0 Å². The fourth-order valence-electron chi connectivity index (χ4n) is 6.05. The van der Waals surface area contributed by atoms with Gasteiger partial charge in [0.2, 0.25) is 0 Å². The molecule has 228 valence electrons. The average Bonchev–Trinajstić information content (AvgIpc) is 3.14. The fraction of sp³-hybridized carbons (Fsp3) is 0.545. The summed E-state index contributed by atoms with van der Waals surface area (Å²) >= 11 is 0. The first-order valence-electron chi connectivity index (χ1n) is 14.3. The van der Waals surface area contributed by atoms with Crippen LogP contribution in [0.3, 0.4) is 0 Å². The molecule has 0 amide bonds. The Labute approximate surface area is 247 Å². The standard InChI is InChI=1S/C33H42O9/c1-19-14-15-32(7,8)28(37)17-27(39-22(4)34)20(2)16-26-29(41-31(38)25-12-10-9-11-13-25)21(3)18-33(26,42-24(6)36)30(19)40-23(5)35/h9-16,19,21,26-27,29-30H,17-18H2,1-8H3/b15-14-,20-16+/t19-,21-,26+,27-,29+,30-,33-/m1/s1. The second-order valence-corrected chi connectivity index (χ2v) is 12.1. The molecule has 0 bridgehead atoms. The molecule has 2 aliphatic carbocycles. The third kappa shape index (κ3) is 7.36. The molecule has 0 saturated heterocycles. The van der Waals surface area contributed by atoms with E-state index in [-0.39, 0.29) is 24.5 Å². The number of benzene rings is 1. The van der Waals surface area contributed by atoms with E-state index in [9.17, 15) is 24.0 Å². The highest BCUT2D eigenvalue weighted by atomic mass is 16.6. The SMILES string of the molecule is CC(=O)O[C@@H]1[C@H](C)/C=C\C(C)(C)C(=O)C[C@@H](OC(C)=O)/C(C)=C/[C@H]2[C@@H](OC(=O)c3ccccc3)[C@H](C)C[C@]12OC(C)=O. The molecule has 7 atom stereocenters. The van der Waals surface area contributed by atoms with E-state index in [4.69, 9.17) is 18.9 Å². The first-order chi connectivity index (χ1) is 19.6. The minimum Gasteiger partial charge on any atom is -0.458 e. The van der Waals surface area contributed by atoms with Gasteiger partial charge in [-0.05, 0) is 50.8 Å². The Balaban J connectivity index is 2.29. The van der Waals surface area contributed by atoms with E-state index in [2.05, 4.69) is 0 Å². The first-order valence-corrected chi connectivity index (χ1v) is 14.3. The molecule has 0 aromatic heterocycles. The van der Waals surface area contributed by atoms with Crippen molar-refractivity contribution in [3.63, 3.8) is 0 Å². The number of carbonyl (C=O) groups is 5. The second kappa shape index (κ2) is 13.0. The molecule has 42 heavy (non-hydrogen) atoms. The van der Waals surface area contributed by atoms with Gasteiger partial charge in [0.1, 0.15) is 24.1 Å². The molecule has 1 aromatic carbocycles. The number of Topliss-reactive ketones (excluding diaryl/α,β-unsaturated/α-hetero) is 1. The number of esters is 4. The highest BCUT2D eigenvalue weighted by Gasteiger charge is 2.62. The van der Waals surface area contributed by atoms with Crippen LogP contribution in [-0.2, 0) is 38.1 Å². The molecule has 0 radical (unpaired) electrons. The number of fused-ring (bicyclic) bond motifs is 1. The van der Waals surface area contributed by atoms with Gasteiger partial charge in [-0.3, -0.25) is 19.2 Å². The Morgan fingerprint density at radius 2 is 1.50 bits per heavy atom. The van der Waals surface area contributed by atoms with Gasteiger partial charge >= 0.3 is 23.9 Å². The van der Waals surface area contributed by atoms with Crippen molar-refractivity contribution >= 4 is 29.7 Å². The number of ether oxygens (including phenoxy) is 4. The summed E-state index contributed by atoms with van der Waals surface area (Å²) in [6, 6.07) is 8.52. The lowest BCUT2D eigenvalue weighted by Crippen LogP contribution is -2.55. The van der Waals surface area contributed by atoms with E-state index in [0.717, 1.165) is 0 Å². The van der Waals surface area contributed by atoms with E-state index in [1.165, 1.54) is 20.8 Å². The Morgan fingerprint density at radius 1 is 0.881 bits per heavy atom. The Bertz CT molecular complexity index is 1260. The highest BCUT2D eigenvalue weighted by molar-refractivity contribution is 5.89. The van der Waals surface area contributed by atoms with Gasteiger partial charge in [-0.25, -0.2) is 4.79 Å². The fourth-order valence-corrected chi connectivity index (χ4v) is 6.05. The lowest BCUT2D eigenvalue weighted by molar-refractivity contribution is -0.195. The van der Waals surface area contributed by atoms with Crippen molar-refractivity contribution in [2.45, 2.75) is 92.1 Å². The maximum Gasteiger partial charge on any atom is 0.338 e. The predicted octanol–water partition coefficient (Wildman–Crippen LogP) is 5.17. The van der Waals surface area contributed by atoms with Crippen LogP contribution in [0.1, 0.15) is 78.6 Å².